The molecule has 0 radical (unpaired) electrons. The van der Waals surface area contributed by atoms with Gasteiger partial charge in [-0.15, -0.1) is 0 Å². The standard InChI is InChI=1S/C15H16N2O5S/c1-22-11-4-2-10(3-5-11)8-12-14(20)17(15(21)23-12)9-13(19)16-6-7-18/h2-5,8,18H,6-7,9H2,1H3,(H,16,19). The molecule has 122 valence electrons. The van der Waals surface area contributed by atoms with Crippen molar-refractivity contribution in [1.82, 2.24) is 10.2 Å². The van der Waals surface area contributed by atoms with Crippen molar-refractivity contribution in [2.45, 2.75) is 0 Å². The highest BCUT2D eigenvalue weighted by atomic mass is 32.2. The summed E-state index contributed by atoms with van der Waals surface area (Å²) >= 11 is 0.790. The number of thioether (sulfide) groups is 1. The number of carbonyl (C=O) groups excluding carboxylic acids is 3. The summed E-state index contributed by atoms with van der Waals surface area (Å²) in [5.41, 5.74) is 0.751. The van der Waals surface area contributed by atoms with Gasteiger partial charge in [0.15, 0.2) is 0 Å². The van der Waals surface area contributed by atoms with Gasteiger partial charge in [-0.05, 0) is 35.5 Å². The van der Waals surface area contributed by atoms with Crippen LogP contribution >= 0.6 is 11.8 Å². The molecule has 1 aliphatic rings. The Hall–Kier alpha value is -2.32. The van der Waals surface area contributed by atoms with E-state index < -0.39 is 17.1 Å². The van der Waals surface area contributed by atoms with Crippen LogP contribution in [0.15, 0.2) is 29.2 Å². The Balaban J connectivity index is 2.07. The predicted octanol–water partition coefficient (Wildman–Crippen LogP) is 0.840. The zero-order valence-electron chi connectivity index (χ0n) is 12.4. The summed E-state index contributed by atoms with van der Waals surface area (Å²) in [6.07, 6.45) is 1.59. The third kappa shape index (κ3) is 4.33. The van der Waals surface area contributed by atoms with Crippen molar-refractivity contribution in [3.63, 3.8) is 0 Å². The van der Waals surface area contributed by atoms with E-state index in [-0.39, 0.29) is 24.6 Å². The van der Waals surface area contributed by atoms with Gasteiger partial charge < -0.3 is 15.2 Å². The molecule has 1 saturated heterocycles. The van der Waals surface area contributed by atoms with Crippen molar-refractivity contribution in [3.05, 3.63) is 34.7 Å². The van der Waals surface area contributed by atoms with Crippen LogP contribution in [0.1, 0.15) is 5.56 Å². The van der Waals surface area contributed by atoms with Gasteiger partial charge in [-0.1, -0.05) is 12.1 Å². The Labute approximate surface area is 137 Å². The SMILES string of the molecule is COc1ccc(C=C2SC(=O)N(CC(=O)NCCO)C2=O)cc1. The molecule has 1 aromatic rings. The molecule has 0 saturated carbocycles. The largest absolute Gasteiger partial charge is 0.497 e. The fourth-order valence-electron chi connectivity index (χ4n) is 1.88. The van der Waals surface area contributed by atoms with Gasteiger partial charge in [0.25, 0.3) is 11.1 Å². The maximum atomic E-state index is 12.2. The Kier molecular flexibility index (Phi) is 5.78. The van der Waals surface area contributed by atoms with Gasteiger partial charge in [0, 0.05) is 6.54 Å². The lowest BCUT2D eigenvalue weighted by atomic mass is 10.2. The third-order valence-corrected chi connectivity index (χ3v) is 3.93. The first kappa shape index (κ1) is 17.0. The predicted molar refractivity (Wildman–Crippen MR) is 85.8 cm³/mol. The van der Waals surface area contributed by atoms with Crippen LogP contribution in [-0.4, -0.2) is 53.9 Å². The zero-order chi connectivity index (χ0) is 16.8. The van der Waals surface area contributed by atoms with Crippen LogP contribution in [0.4, 0.5) is 4.79 Å². The summed E-state index contributed by atoms with van der Waals surface area (Å²) in [6, 6.07) is 7.03. The van der Waals surface area contributed by atoms with Crippen molar-refractivity contribution in [2.75, 3.05) is 26.8 Å². The molecule has 0 aromatic heterocycles. The number of imide groups is 1. The summed E-state index contributed by atoms with van der Waals surface area (Å²) in [5, 5.41) is 10.5. The Morgan fingerprint density at radius 1 is 1.35 bits per heavy atom. The lowest BCUT2D eigenvalue weighted by Crippen LogP contribution is -2.40. The van der Waals surface area contributed by atoms with Crippen LogP contribution in [-0.2, 0) is 9.59 Å². The van der Waals surface area contributed by atoms with E-state index in [1.54, 1.807) is 37.5 Å². The van der Waals surface area contributed by atoms with E-state index in [1.807, 2.05) is 0 Å². The number of hydrogen-bond acceptors (Lipinski definition) is 6. The highest BCUT2D eigenvalue weighted by Gasteiger charge is 2.36. The van der Waals surface area contributed by atoms with Crippen molar-refractivity contribution in [1.29, 1.82) is 0 Å². The summed E-state index contributed by atoms with van der Waals surface area (Å²) in [4.78, 5) is 36.8. The molecule has 7 nitrogen and oxygen atoms in total. The van der Waals surface area contributed by atoms with Gasteiger partial charge in [0.2, 0.25) is 5.91 Å². The average molecular weight is 336 g/mol. The van der Waals surface area contributed by atoms with Gasteiger partial charge >= 0.3 is 0 Å². The maximum absolute atomic E-state index is 12.2. The zero-order valence-corrected chi connectivity index (χ0v) is 13.3. The molecular weight excluding hydrogens is 320 g/mol. The van der Waals surface area contributed by atoms with Crippen LogP contribution in [0.5, 0.6) is 5.75 Å². The van der Waals surface area contributed by atoms with E-state index in [0.717, 1.165) is 22.2 Å². The highest BCUT2D eigenvalue weighted by Crippen LogP contribution is 2.32. The monoisotopic (exact) mass is 336 g/mol. The quantitative estimate of drug-likeness (QED) is 0.748. The third-order valence-electron chi connectivity index (χ3n) is 3.02. The topological polar surface area (TPSA) is 95.9 Å². The van der Waals surface area contributed by atoms with E-state index in [1.165, 1.54) is 0 Å². The van der Waals surface area contributed by atoms with Crippen molar-refractivity contribution in [3.8, 4) is 5.75 Å². The molecule has 0 atom stereocenters. The first-order valence-corrected chi connectivity index (χ1v) is 7.63. The number of carbonyl (C=O) groups is 3. The van der Waals surface area contributed by atoms with E-state index >= 15 is 0 Å². The molecule has 2 N–H and O–H groups in total. The first-order valence-electron chi connectivity index (χ1n) is 6.82. The normalized spacial score (nSPS) is 16.1. The number of methoxy groups -OCH3 is 1. The van der Waals surface area contributed by atoms with E-state index in [0.29, 0.717) is 5.75 Å². The van der Waals surface area contributed by atoms with Crippen LogP contribution in [0.2, 0.25) is 0 Å². The molecule has 0 unspecified atom stereocenters. The van der Waals surface area contributed by atoms with Crippen molar-refractivity contribution >= 4 is 34.9 Å². The van der Waals surface area contributed by atoms with Crippen LogP contribution in [0.3, 0.4) is 0 Å². The number of amides is 3. The van der Waals surface area contributed by atoms with Crippen LogP contribution in [0.25, 0.3) is 6.08 Å². The lowest BCUT2D eigenvalue weighted by molar-refractivity contribution is -0.129. The molecule has 1 aliphatic heterocycles. The van der Waals surface area contributed by atoms with Gasteiger partial charge in [-0.2, -0.15) is 0 Å². The van der Waals surface area contributed by atoms with E-state index in [4.69, 9.17) is 9.84 Å². The minimum Gasteiger partial charge on any atom is -0.497 e. The molecule has 0 bridgehead atoms. The number of ether oxygens (including phenoxy) is 1. The van der Waals surface area contributed by atoms with Crippen LogP contribution < -0.4 is 10.1 Å². The van der Waals surface area contributed by atoms with Crippen molar-refractivity contribution < 1.29 is 24.2 Å². The van der Waals surface area contributed by atoms with Gasteiger partial charge in [0.1, 0.15) is 12.3 Å². The second-order valence-corrected chi connectivity index (χ2v) is 5.61. The van der Waals surface area contributed by atoms with Gasteiger partial charge in [-0.25, -0.2) is 0 Å². The number of aliphatic hydroxyl groups is 1. The summed E-state index contributed by atoms with van der Waals surface area (Å²) in [5.74, 6) is -0.308. The number of rotatable bonds is 6. The first-order chi connectivity index (χ1) is 11.0. The molecule has 8 heteroatoms. The lowest BCUT2D eigenvalue weighted by Gasteiger charge is -2.11. The second-order valence-electron chi connectivity index (χ2n) is 4.61. The van der Waals surface area contributed by atoms with Crippen molar-refractivity contribution in [2.24, 2.45) is 0 Å². The Bertz CT molecular complexity index is 642. The second kappa shape index (κ2) is 7.80. The van der Waals surface area contributed by atoms with E-state index in [9.17, 15) is 14.4 Å². The van der Waals surface area contributed by atoms with Gasteiger partial charge in [-0.3, -0.25) is 19.3 Å². The molecular formula is C15H16N2O5S. The Morgan fingerprint density at radius 3 is 2.65 bits per heavy atom. The molecule has 23 heavy (non-hydrogen) atoms. The molecule has 2 rings (SSSR count). The minimum absolute atomic E-state index is 0.0801. The van der Waals surface area contributed by atoms with Crippen LogP contribution in [0, 0.1) is 0 Å². The number of nitrogens with zero attached hydrogens (tertiary/aromatic N) is 1. The number of nitrogens with one attached hydrogen (secondary N) is 1. The number of aliphatic hydroxyl groups excluding tert-OH is 1. The fraction of sp³-hybridized carbons (Fsp3) is 0.267. The summed E-state index contributed by atoms with van der Waals surface area (Å²) in [6.45, 7) is -0.480. The number of hydrogen-bond donors (Lipinski definition) is 2. The molecule has 0 spiro atoms. The smallest absolute Gasteiger partial charge is 0.294 e. The minimum atomic E-state index is -0.505. The molecule has 3 amide bonds. The molecule has 1 aromatic carbocycles. The molecule has 1 fully saturated rings. The molecule has 0 aliphatic carbocycles. The van der Waals surface area contributed by atoms with Gasteiger partial charge in [0.05, 0.1) is 18.6 Å². The average Bonchev–Trinajstić information content (AvgIpc) is 2.81. The Morgan fingerprint density at radius 2 is 2.04 bits per heavy atom. The fourth-order valence-corrected chi connectivity index (χ4v) is 2.72. The summed E-state index contributed by atoms with van der Waals surface area (Å²) in [7, 11) is 1.56. The highest BCUT2D eigenvalue weighted by molar-refractivity contribution is 8.18. The van der Waals surface area contributed by atoms with E-state index in [2.05, 4.69) is 5.32 Å². The summed E-state index contributed by atoms with van der Waals surface area (Å²) < 4.78 is 5.05. The number of benzene rings is 1. The molecule has 1 heterocycles. The maximum Gasteiger partial charge on any atom is 0.294 e.